The average molecular weight is 341 g/mol. The van der Waals surface area contributed by atoms with E-state index in [4.69, 9.17) is 4.74 Å². The molecule has 1 amide bonds. The second-order valence-electron chi connectivity index (χ2n) is 8.43. The molecule has 0 radical (unpaired) electrons. The van der Waals surface area contributed by atoms with Gasteiger partial charge in [-0.25, -0.2) is 0 Å². The highest BCUT2D eigenvalue weighted by Gasteiger charge is 2.71. The van der Waals surface area contributed by atoms with Crippen LogP contribution in [0, 0.1) is 23.2 Å². The van der Waals surface area contributed by atoms with Gasteiger partial charge in [0.15, 0.2) is 0 Å². The smallest absolute Gasteiger partial charge is 0.475 e. The minimum Gasteiger partial charge on any atom is -0.493 e. The molecule has 1 unspecified atom stereocenters. The molecule has 25 heavy (non-hydrogen) atoms. The molecular weight excluding hydrogens is 317 g/mol. The van der Waals surface area contributed by atoms with Crippen molar-refractivity contribution >= 4 is 13.0 Å². The molecule has 0 bridgehead atoms. The molecule has 5 nitrogen and oxygen atoms in total. The van der Waals surface area contributed by atoms with Crippen LogP contribution >= 0.6 is 0 Å². The molecule has 3 N–H and O–H groups in total. The van der Waals surface area contributed by atoms with Gasteiger partial charge in [-0.2, -0.15) is 0 Å². The lowest BCUT2D eigenvalue weighted by Gasteiger charge is -2.34. The van der Waals surface area contributed by atoms with Gasteiger partial charge in [0.1, 0.15) is 5.75 Å². The number of fused-ring (bicyclic) bond motifs is 1. The highest BCUT2D eigenvalue weighted by molar-refractivity contribution is 6.43. The van der Waals surface area contributed by atoms with E-state index < -0.39 is 13.1 Å². The van der Waals surface area contributed by atoms with E-state index in [1.807, 2.05) is 24.3 Å². The van der Waals surface area contributed by atoms with E-state index in [2.05, 4.69) is 5.32 Å². The Kier molecular flexibility index (Phi) is 3.45. The van der Waals surface area contributed by atoms with Crippen molar-refractivity contribution in [2.45, 2.75) is 44.0 Å². The van der Waals surface area contributed by atoms with Gasteiger partial charge in [0.05, 0.1) is 12.5 Å². The predicted molar refractivity (Wildman–Crippen MR) is 92.8 cm³/mol. The van der Waals surface area contributed by atoms with Gasteiger partial charge in [0.2, 0.25) is 5.91 Å². The second-order valence-corrected chi connectivity index (χ2v) is 8.43. The van der Waals surface area contributed by atoms with E-state index >= 15 is 0 Å². The fourth-order valence-corrected chi connectivity index (χ4v) is 5.76. The largest absolute Gasteiger partial charge is 0.493 e. The summed E-state index contributed by atoms with van der Waals surface area (Å²) in [5.41, 5.74) is 1.58. The first-order chi connectivity index (χ1) is 12.1. The zero-order chi connectivity index (χ0) is 17.2. The quantitative estimate of drug-likeness (QED) is 0.709. The van der Waals surface area contributed by atoms with Crippen molar-refractivity contribution in [2.75, 3.05) is 6.61 Å². The monoisotopic (exact) mass is 341 g/mol. The van der Waals surface area contributed by atoms with Crippen LogP contribution in [-0.2, 0) is 4.79 Å². The number of hydrogen-bond acceptors (Lipinski definition) is 4. The Morgan fingerprint density at radius 3 is 2.88 bits per heavy atom. The van der Waals surface area contributed by atoms with Gasteiger partial charge in [0, 0.05) is 17.4 Å². The molecule has 1 aromatic carbocycles. The van der Waals surface area contributed by atoms with Crippen LogP contribution in [0.1, 0.15) is 43.6 Å². The molecule has 1 heterocycles. The first-order valence-corrected chi connectivity index (χ1v) is 9.47. The number of nitrogens with one attached hydrogen (secondary N) is 1. The Hall–Kier alpha value is -1.53. The minimum absolute atomic E-state index is 0.0153. The SMILES string of the molecule is O=C(N[C@@H](C[C@@H]1COc2ccccc21)B(O)O)[C@@H]1C[C@H]2CCC23C[C@H]13. The number of carbonyl (C=O) groups is 1. The van der Waals surface area contributed by atoms with E-state index in [9.17, 15) is 14.8 Å². The highest BCUT2D eigenvalue weighted by Crippen LogP contribution is 2.77. The van der Waals surface area contributed by atoms with Crippen LogP contribution in [0.25, 0.3) is 0 Å². The third-order valence-corrected chi connectivity index (χ3v) is 7.34. The number of para-hydroxylation sites is 1. The van der Waals surface area contributed by atoms with Crippen LogP contribution in [0.2, 0.25) is 0 Å². The van der Waals surface area contributed by atoms with Gasteiger partial charge >= 0.3 is 7.12 Å². The molecule has 3 saturated carbocycles. The van der Waals surface area contributed by atoms with Crippen molar-refractivity contribution in [3.8, 4) is 5.75 Å². The summed E-state index contributed by atoms with van der Waals surface area (Å²) in [6.07, 6.45) is 5.22. The third-order valence-electron chi connectivity index (χ3n) is 7.34. The van der Waals surface area contributed by atoms with Crippen LogP contribution in [0.15, 0.2) is 24.3 Å². The second kappa shape index (κ2) is 5.48. The van der Waals surface area contributed by atoms with Gasteiger partial charge in [-0.15, -0.1) is 0 Å². The summed E-state index contributed by atoms with van der Waals surface area (Å²) in [5.74, 6) is 1.65. The summed E-state index contributed by atoms with van der Waals surface area (Å²) in [5, 5.41) is 22.6. The fourth-order valence-electron chi connectivity index (χ4n) is 5.76. The van der Waals surface area contributed by atoms with E-state index in [0.717, 1.165) is 23.7 Å². The molecule has 3 fully saturated rings. The van der Waals surface area contributed by atoms with Crippen LogP contribution in [0.3, 0.4) is 0 Å². The molecule has 6 atom stereocenters. The molecule has 5 rings (SSSR count). The lowest BCUT2D eigenvalue weighted by Crippen LogP contribution is -2.49. The van der Waals surface area contributed by atoms with Crippen molar-refractivity contribution in [3.63, 3.8) is 0 Å². The van der Waals surface area contributed by atoms with Gasteiger partial charge in [0.25, 0.3) is 0 Å². The number of rotatable bonds is 5. The first-order valence-electron chi connectivity index (χ1n) is 9.47. The van der Waals surface area contributed by atoms with E-state index in [-0.39, 0.29) is 17.7 Å². The number of amides is 1. The summed E-state index contributed by atoms with van der Waals surface area (Å²) < 4.78 is 5.68. The molecule has 4 aliphatic rings. The summed E-state index contributed by atoms with van der Waals surface area (Å²) in [6, 6.07) is 7.84. The van der Waals surface area contributed by atoms with Crippen LogP contribution in [0.5, 0.6) is 5.75 Å². The lowest BCUT2D eigenvalue weighted by molar-refractivity contribution is -0.126. The van der Waals surface area contributed by atoms with Gasteiger partial charge in [-0.1, -0.05) is 18.2 Å². The molecule has 1 aromatic rings. The van der Waals surface area contributed by atoms with Gasteiger partial charge in [-0.3, -0.25) is 4.79 Å². The maximum absolute atomic E-state index is 12.8. The Bertz CT molecular complexity index is 710. The maximum atomic E-state index is 12.8. The summed E-state index contributed by atoms with van der Waals surface area (Å²) in [4.78, 5) is 12.8. The maximum Gasteiger partial charge on any atom is 0.475 e. The standard InChI is InChI=1S/C19H24BNO4/c22-18(14-8-12-5-6-19(12)9-15(14)19)21-17(20(23)24)7-11-10-25-16-4-2-1-3-13(11)16/h1-4,11-12,14-15,17,23-24H,5-10H2,(H,21,22)/t11-,12-,14-,15-,17+,19?/m1/s1. The zero-order valence-electron chi connectivity index (χ0n) is 14.2. The predicted octanol–water partition coefficient (Wildman–Crippen LogP) is 1.49. The topological polar surface area (TPSA) is 78.8 Å². The number of carbonyl (C=O) groups excluding carboxylic acids is 1. The Morgan fingerprint density at radius 2 is 2.24 bits per heavy atom. The zero-order valence-corrected chi connectivity index (χ0v) is 14.2. The molecule has 6 heteroatoms. The van der Waals surface area contributed by atoms with E-state index in [0.29, 0.717) is 24.4 Å². The first kappa shape index (κ1) is 15.7. The average Bonchev–Trinajstić information content (AvgIpc) is 3.17. The molecular formula is C19H24BNO4. The molecule has 0 saturated heterocycles. The van der Waals surface area contributed by atoms with E-state index in [1.165, 1.54) is 19.3 Å². The molecule has 3 aliphatic carbocycles. The normalized spacial score (nSPS) is 37.8. The highest BCUT2D eigenvalue weighted by atomic mass is 16.5. The Balaban J connectivity index is 1.26. The Labute approximate surface area is 147 Å². The number of ether oxygens (including phenoxy) is 1. The molecule has 1 aliphatic heterocycles. The van der Waals surface area contributed by atoms with Crippen LogP contribution in [-0.4, -0.2) is 35.6 Å². The van der Waals surface area contributed by atoms with Crippen LogP contribution in [0.4, 0.5) is 0 Å². The number of hydrogen-bond donors (Lipinski definition) is 3. The van der Waals surface area contributed by atoms with Crippen molar-refractivity contribution in [2.24, 2.45) is 23.2 Å². The van der Waals surface area contributed by atoms with Gasteiger partial charge in [-0.05, 0) is 55.4 Å². The van der Waals surface area contributed by atoms with Crippen molar-refractivity contribution in [1.29, 1.82) is 0 Å². The molecule has 0 aromatic heterocycles. The summed E-state index contributed by atoms with van der Waals surface area (Å²) in [7, 11) is -1.55. The van der Waals surface area contributed by atoms with E-state index in [1.54, 1.807) is 0 Å². The van der Waals surface area contributed by atoms with Gasteiger partial charge < -0.3 is 20.1 Å². The Morgan fingerprint density at radius 1 is 1.40 bits per heavy atom. The summed E-state index contributed by atoms with van der Waals surface area (Å²) >= 11 is 0. The fraction of sp³-hybridized carbons (Fsp3) is 0.632. The van der Waals surface area contributed by atoms with Crippen molar-refractivity contribution < 1.29 is 19.6 Å². The van der Waals surface area contributed by atoms with Crippen LogP contribution < -0.4 is 10.1 Å². The summed E-state index contributed by atoms with van der Waals surface area (Å²) in [6.45, 7) is 0.523. The molecule has 132 valence electrons. The number of benzene rings is 1. The third kappa shape index (κ3) is 2.34. The van der Waals surface area contributed by atoms with Crippen molar-refractivity contribution in [1.82, 2.24) is 5.32 Å². The van der Waals surface area contributed by atoms with Crippen molar-refractivity contribution in [3.05, 3.63) is 29.8 Å². The molecule has 1 spiro atoms. The minimum atomic E-state index is -1.55. The lowest BCUT2D eigenvalue weighted by atomic mass is 9.71.